The number of hydrogen-bond donors (Lipinski definition) is 1. The average Bonchev–Trinajstić information content (AvgIpc) is 3.31. The largest absolute Gasteiger partial charge is 0.494 e. The number of hydrogen-bond acceptors (Lipinski definition) is 8. The lowest BCUT2D eigenvalue weighted by molar-refractivity contribution is -0.139. The molecule has 0 amide bonds. The number of nitrogens with zero attached hydrogens (tertiary/aromatic N) is 5. The Morgan fingerprint density at radius 1 is 1.23 bits per heavy atom. The molecule has 0 radical (unpaired) electrons. The van der Waals surface area contributed by atoms with Gasteiger partial charge in [-0.3, -0.25) is 9.88 Å². The van der Waals surface area contributed by atoms with Crippen molar-refractivity contribution in [2.24, 2.45) is 0 Å². The van der Waals surface area contributed by atoms with Crippen LogP contribution in [0.1, 0.15) is 58.1 Å². The first-order valence-electron chi connectivity index (χ1n) is 14.0. The van der Waals surface area contributed by atoms with Crippen LogP contribution < -0.4 is 9.47 Å². The molecule has 5 heterocycles. The zero-order valence-electron chi connectivity index (χ0n) is 23.9. The molecule has 2 aliphatic rings. The lowest BCUT2D eigenvalue weighted by atomic mass is 9.97. The number of rotatable bonds is 9. The molecule has 10 nitrogen and oxygen atoms in total. The number of benzene rings is 1. The molecular formula is C30H29ClF3N5O5. The van der Waals surface area contributed by atoms with Crippen LogP contribution in [-0.2, 0) is 37.0 Å². The molecule has 44 heavy (non-hydrogen) atoms. The summed E-state index contributed by atoms with van der Waals surface area (Å²) in [6.45, 7) is 3.59. The van der Waals surface area contributed by atoms with Crippen molar-refractivity contribution in [3.63, 3.8) is 0 Å². The van der Waals surface area contributed by atoms with E-state index in [1.807, 2.05) is 11.5 Å². The van der Waals surface area contributed by atoms with Gasteiger partial charge in [-0.2, -0.15) is 13.2 Å². The standard InChI is InChI=1S/C30H29ClF3N5O5/c1-16-26-17(9-22(30(32,33)34)28(37-26)44-15-20-4-3-19(31)12-35-20)5-7-38(16)14-25-36-27-23(39(25)13-21-6-8-43-21)10-18(29(40)41)11-24(27)42-2/h3-4,9-12,16,21H,5-8,13-15H2,1-2H3,(H,40,41)/t16-,21-/m0/s1. The average molecular weight is 632 g/mol. The number of aromatic carboxylic acids is 1. The van der Waals surface area contributed by atoms with E-state index in [0.29, 0.717) is 77.2 Å². The fourth-order valence-corrected chi connectivity index (χ4v) is 5.68. The van der Waals surface area contributed by atoms with Crippen molar-refractivity contribution < 1.29 is 37.3 Å². The number of carboxylic acid groups (broad SMARTS) is 1. The molecule has 0 spiro atoms. The number of fused-ring (bicyclic) bond motifs is 2. The number of alkyl halides is 3. The third-order valence-corrected chi connectivity index (χ3v) is 8.28. The van der Waals surface area contributed by atoms with Crippen molar-refractivity contribution in [1.29, 1.82) is 0 Å². The Bertz CT molecular complexity index is 1710. The maximum Gasteiger partial charge on any atom is 0.421 e. The summed E-state index contributed by atoms with van der Waals surface area (Å²) in [4.78, 5) is 27.3. The predicted octanol–water partition coefficient (Wildman–Crippen LogP) is 5.69. The zero-order chi connectivity index (χ0) is 31.2. The molecular weight excluding hydrogens is 603 g/mol. The normalized spacial score (nSPS) is 18.6. The number of aromatic nitrogens is 4. The number of pyridine rings is 2. The highest BCUT2D eigenvalue weighted by molar-refractivity contribution is 6.30. The van der Waals surface area contributed by atoms with E-state index >= 15 is 0 Å². The maximum atomic E-state index is 14.1. The molecule has 1 saturated heterocycles. The van der Waals surface area contributed by atoms with Gasteiger partial charge in [-0.25, -0.2) is 14.8 Å². The smallest absolute Gasteiger partial charge is 0.421 e. The number of imidazole rings is 1. The molecule has 0 bridgehead atoms. The van der Waals surface area contributed by atoms with Gasteiger partial charge in [0.2, 0.25) is 5.88 Å². The Kier molecular flexibility index (Phi) is 8.12. The Balaban J connectivity index is 1.33. The van der Waals surface area contributed by atoms with Crippen molar-refractivity contribution in [2.75, 3.05) is 20.3 Å². The first kappa shape index (κ1) is 30.1. The summed E-state index contributed by atoms with van der Waals surface area (Å²) in [5, 5.41) is 10.1. The lowest BCUT2D eigenvalue weighted by Crippen LogP contribution is -2.36. The Morgan fingerprint density at radius 2 is 2.02 bits per heavy atom. The van der Waals surface area contributed by atoms with Gasteiger partial charge in [0.1, 0.15) is 29.3 Å². The molecule has 232 valence electrons. The summed E-state index contributed by atoms with van der Waals surface area (Å²) in [5.41, 5.74) is 1.67. The second kappa shape index (κ2) is 11.9. The van der Waals surface area contributed by atoms with E-state index in [9.17, 15) is 23.1 Å². The highest BCUT2D eigenvalue weighted by Gasteiger charge is 2.38. The molecule has 1 N–H and O–H groups in total. The molecule has 0 unspecified atom stereocenters. The van der Waals surface area contributed by atoms with Gasteiger partial charge in [-0.05, 0) is 55.7 Å². The van der Waals surface area contributed by atoms with Gasteiger partial charge in [0.25, 0.3) is 0 Å². The maximum absolute atomic E-state index is 14.1. The van der Waals surface area contributed by atoms with Gasteiger partial charge >= 0.3 is 12.1 Å². The highest BCUT2D eigenvalue weighted by atomic mass is 35.5. The van der Waals surface area contributed by atoms with Gasteiger partial charge in [0.05, 0.1) is 59.8 Å². The predicted molar refractivity (Wildman–Crippen MR) is 153 cm³/mol. The summed E-state index contributed by atoms with van der Waals surface area (Å²) < 4.78 is 60.9. The number of carboxylic acids is 1. The first-order chi connectivity index (χ1) is 21.0. The third kappa shape index (κ3) is 5.91. The summed E-state index contributed by atoms with van der Waals surface area (Å²) in [5.74, 6) is -0.606. The van der Waals surface area contributed by atoms with Gasteiger partial charge in [-0.15, -0.1) is 0 Å². The molecule has 1 fully saturated rings. The number of carbonyl (C=O) groups is 1. The van der Waals surface area contributed by atoms with Gasteiger partial charge in [-0.1, -0.05) is 11.6 Å². The van der Waals surface area contributed by atoms with Crippen LogP contribution in [0.3, 0.4) is 0 Å². The van der Waals surface area contributed by atoms with Crippen LogP contribution in [0.2, 0.25) is 5.02 Å². The van der Waals surface area contributed by atoms with E-state index in [1.54, 1.807) is 18.2 Å². The minimum atomic E-state index is -4.66. The minimum absolute atomic E-state index is 0.0394. The summed E-state index contributed by atoms with van der Waals surface area (Å²) in [7, 11) is 1.46. The SMILES string of the molecule is COc1cc(C(=O)O)cc2c1nc(CN1CCc3cc(C(F)(F)F)c(OCc4ccc(Cl)cn4)nc3[C@@H]1C)n2C[C@@H]1CCO1. The van der Waals surface area contributed by atoms with E-state index in [1.165, 1.54) is 19.4 Å². The Morgan fingerprint density at radius 3 is 2.66 bits per heavy atom. The van der Waals surface area contributed by atoms with E-state index in [-0.39, 0.29) is 24.3 Å². The molecule has 2 atom stereocenters. The lowest BCUT2D eigenvalue weighted by Gasteiger charge is -2.35. The van der Waals surface area contributed by atoms with Crippen molar-refractivity contribution >= 4 is 28.6 Å². The molecule has 0 aliphatic carbocycles. The van der Waals surface area contributed by atoms with Gasteiger partial charge in [0, 0.05) is 19.3 Å². The molecule has 3 aromatic heterocycles. The minimum Gasteiger partial charge on any atom is -0.494 e. The molecule has 6 rings (SSSR count). The van der Waals surface area contributed by atoms with E-state index in [2.05, 4.69) is 14.9 Å². The van der Waals surface area contributed by atoms with E-state index in [0.717, 1.165) is 12.5 Å². The topological polar surface area (TPSA) is 112 Å². The van der Waals surface area contributed by atoms with Crippen LogP contribution >= 0.6 is 11.6 Å². The molecule has 2 aliphatic heterocycles. The van der Waals surface area contributed by atoms with Crippen LogP contribution in [0.5, 0.6) is 11.6 Å². The number of ether oxygens (including phenoxy) is 3. The molecule has 0 saturated carbocycles. The summed E-state index contributed by atoms with van der Waals surface area (Å²) in [6.07, 6.45) is -2.10. The van der Waals surface area contributed by atoms with Crippen molar-refractivity contribution in [3.8, 4) is 11.6 Å². The van der Waals surface area contributed by atoms with Crippen molar-refractivity contribution in [2.45, 2.75) is 57.8 Å². The summed E-state index contributed by atoms with van der Waals surface area (Å²) in [6, 6.07) is 6.93. The second-order valence-electron chi connectivity index (χ2n) is 10.8. The molecule has 4 aromatic rings. The van der Waals surface area contributed by atoms with Crippen LogP contribution in [-0.4, -0.2) is 61.9 Å². The first-order valence-corrected chi connectivity index (χ1v) is 14.4. The number of halogens is 4. The highest BCUT2D eigenvalue weighted by Crippen LogP contribution is 2.40. The fourth-order valence-electron chi connectivity index (χ4n) is 5.56. The van der Waals surface area contributed by atoms with Crippen molar-refractivity contribution in [1.82, 2.24) is 24.4 Å². The number of methoxy groups -OCH3 is 1. The van der Waals surface area contributed by atoms with E-state index in [4.69, 9.17) is 30.8 Å². The Hall–Kier alpha value is -3.94. The van der Waals surface area contributed by atoms with Crippen LogP contribution in [0.4, 0.5) is 13.2 Å². The van der Waals surface area contributed by atoms with E-state index < -0.39 is 23.6 Å². The van der Waals surface area contributed by atoms with Gasteiger partial charge < -0.3 is 23.9 Å². The van der Waals surface area contributed by atoms with Crippen molar-refractivity contribution in [3.05, 3.63) is 75.5 Å². The molecule has 14 heteroatoms. The van der Waals surface area contributed by atoms with Crippen LogP contribution in [0.15, 0.2) is 36.5 Å². The quantitative estimate of drug-likeness (QED) is 0.249. The Labute approximate surface area is 255 Å². The summed E-state index contributed by atoms with van der Waals surface area (Å²) >= 11 is 5.87. The monoisotopic (exact) mass is 631 g/mol. The second-order valence-corrected chi connectivity index (χ2v) is 11.2. The third-order valence-electron chi connectivity index (χ3n) is 8.05. The van der Waals surface area contributed by atoms with Crippen LogP contribution in [0, 0.1) is 0 Å². The van der Waals surface area contributed by atoms with Crippen LogP contribution in [0.25, 0.3) is 11.0 Å². The molecule has 1 aromatic carbocycles. The fraction of sp³-hybridized carbons (Fsp3) is 0.400. The zero-order valence-corrected chi connectivity index (χ0v) is 24.7. The van der Waals surface area contributed by atoms with Gasteiger partial charge in [0.15, 0.2) is 0 Å².